The third-order valence-electron chi connectivity index (χ3n) is 5.24. The average molecular weight is 449 g/mol. The van der Waals surface area contributed by atoms with E-state index in [9.17, 15) is 9.59 Å². The lowest BCUT2D eigenvalue weighted by Crippen LogP contribution is -2.40. The molecule has 0 atom stereocenters. The van der Waals surface area contributed by atoms with Crippen LogP contribution in [0.1, 0.15) is 30.7 Å². The van der Waals surface area contributed by atoms with E-state index in [1.165, 1.54) is 5.56 Å². The highest BCUT2D eigenvalue weighted by atomic mass is 35.5. The van der Waals surface area contributed by atoms with Crippen molar-refractivity contribution in [3.63, 3.8) is 0 Å². The lowest BCUT2D eigenvalue weighted by molar-refractivity contribution is -0.116. The highest BCUT2D eigenvalue weighted by molar-refractivity contribution is 6.39. The third-order valence-corrected chi connectivity index (χ3v) is 5.87. The van der Waals surface area contributed by atoms with Crippen molar-refractivity contribution in [1.29, 1.82) is 0 Å². The van der Waals surface area contributed by atoms with Crippen LogP contribution in [0.2, 0.25) is 10.0 Å². The first kappa shape index (κ1) is 22.4. The third kappa shape index (κ3) is 5.88. The number of anilines is 2. The molecule has 1 saturated heterocycles. The maximum atomic E-state index is 12.6. The van der Waals surface area contributed by atoms with Crippen LogP contribution in [-0.4, -0.2) is 43.5 Å². The van der Waals surface area contributed by atoms with Crippen LogP contribution in [0, 0.1) is 0 Å². The molecule has 3 N–H and O–H groups in total. The number of amides is 3. The molecule has 3 amide bonds. The number of para-hydroxylation sites is 1. The maximum Gasteiger partial charge on any atom is 0.321 e. The fourth-order valence-electron chi connectivity index (χ4n) is 3.52. The minimum Gasteiger partial charge on any atom is -0.326 e. The zero-order chi connectivity index (χ0) is 21.5. The highest BCUT2D eigenvalue weighted by Crippen LogP contribution is 2.32. The summed E-state index contributed by atoms with van der Waals surface area (Å²) in [6, 6.07) is 12.9. The summed E-state index contributed by atoms with van der Waals surface area (Å²) < 4.78 is 0. The number of carbonyl (C=O) groups is 2. The number of urea groups is 1. The zero-order valence-corrected chi connectivity index (χ0v) is 18.4. The van der Waals surface area contributed by atoms with Gasteiger partial charge in [0.25, 0.3) is 0 Å². The smallest absolute Gasteiger partial charge is 0.321 e. The number of benzene rings is 2. The summed E-state index contributed by atoms with van der Waals surface area (Å²) in [4.78, 5) is 26.2. The monoisotopic (exact) mass is 448 g/mol. The predicted octanol–water partition coefficient (Wildman–Crippen LogP) is 4.95. The Morgan fingerprint density at radius 2 is 1.63 bits per heavy atom. The number of hydrogen-bond acceptors (Lipinski definition) is 3. The molecule has 1 aliphatic heterocycles. The van der Waals surface area contributed by atoms with Gasteiger partial charge in [0, 0.05) is 31.7 Å². The highest BCUT2D eigenvalue weighted by Gasteiger charge is 2.24. The molecule has 0 aliphatic carbocycles. The molecule has 2 aromatic carbocycles. The van der Waals surface area contributed by atoms with Crippen LogP contribution in [-0.2, 0) is 4.79 Å². The summed E-state index contributed by atoms with van der Waals surface area (Å²) in [5.74, 6) is 0.377. The van der Waals surface area contributed by atoms with E-state index in [1.54, 1.807) is 23.1 Å². The van der Waals surface area contributed by atoms with Gasteiger partial charge in [0.1, 0.15) is 0 Å². The second-order valence-corrected chi connectivity index (χ2v) is 8.13. The van der Waals surface area contributed by atoms with Gasteiger partial charge in [-0.15, -0.1) is 0 Å². The lowest BCUT2D eigenvalue weighted by atomic mass is 9.89. The molecule has 30 heavy (non-hydrogen) atoms. The Hall–Kier alpha value is -2.28. The zero-order valence-electron chi connectivity index (χ0n) is 16.9. The number of piperidine rings is 1. The van der Waals surface area contributed by atoms with Gasteiger partial charge in [-0.05, 0) is 55.6 Å². The van der Waals surface area contributed by atoms with E-state index in [0.29, 0.717) is 47.7 Å². The molecule has 0 bridgehead atoms. The quantitative estimate of drug-likeness (QED) is 0.584. The second-order valence-electron chi connectivity index (χ2n) is 7.31. The Balaban J connectivity index is 1.51. The molecule has 0 radical (unpaired) electrons. The average Bonchev–Trinajstić information content (AvgIpc) is 2.75. The molecular formula is C22H26Cl2N4O2. The minimum absolute atomic E-state index is 0.00459. The molecule has 1 fully saturated rings. The molecule has 0 aromatic heterocycles. The summed E-state index contributed by atoms with van der Waals surface area (Å²) in [5, 5.41) is 9.52. The molecule has 0 saturated carbocycles. The standard InChI is InChI=1S/C22H26Cl2N4O2/c1-25-12-9-20(29)26-17-7-5-15(6-8-17)16-10-13-28(14-11-16)22(30)27-21-18(23)3-2-4-19(21)24/h2-8,16,25H,9-14H2,1H3,(H,26,29)(H,27,30). The van der Waals surface area contributed by atoms with Gasteiger partial charge in [-0.2, -0.15) is 0 Å². The Morgan fingerprint density at radius 3 is 2.23 bits per heavy atom. The van der Waals surface area contributed by atoms with E-state index >= 15 is 0 Å². The molecule has 0 spiro atoms. The summed E-state index contributed by atoms with van der Waals surface area (Å²) in [5.41, 5.74) is 2.46. The molecule has 8 heteroatoms. The van der Waals surface area contributed by atoms with Gasteiger partial charge in [-0.25, -0.2) is 4.79 Å². The van der Waals surface area contributed by atoms with E-state index in [0.717, 1.165) is 18.5 Å². The van der Waals surface area contributed by atoms with E-state index < -0.39 is 0 Å². The van der Waals surface area contributed by atoms with Crippen LogP contribution in [0.25, 0.3) is 0 Å². The van der Waals surface area contributed by atoms with E-state index in [1.807, 2.05) is 19.2 Å². The fourth-order valence-corrected chi connectivity index (χ4v) is 4.01. The van der Waals surface area contributed by atoms with Crippen molar-refractivity contribution in [2.75, 3.05) is 37.3 Å². The van der Waals surface area contributed by atoms with E-state index in [2.05, 4.69) is 28.1 Å². The number of likely N-dealkylation sites (tertiary alicyclic amines) is 1. The molecule has 1 heterocycles. The van der Waals surface area contributed by atoms with Crippen molar-refractivity contribution in [2.45, 2.75) is 25.2 Å². The topological polar surface area (TPSA) is 73.5 Å². The number of carbonyl (C=O) groups excluding carboxylic acids is 2. The molecule has 0 unspecified atom stereocenters. The first-order valence-corrected chi connectivity index (χ1v) is 10.8. The van der Waals surface area contributed by atoms with Crippen molar-refractivity contribution in [3.05, 3.63) is 58.1 Å². The van der Waals surface area contributed by atoms with Gasteiger partial charge < -0.3 is 20.9 Å². The molecule has 6 nitrogen and oxygen atoms in total. The Kier molecular flexibility index (Phi) is 7.96. The van der Waals surface area contributed by atoms with Crippen LogP contribution >= 0.6 is 23.2 Å². The summed E-state index contributed by atoms with van der Waals surface area (Å²) in [7, 11) is 1.82. The van der Waals surface area contributed by atoms with Crippen LogP contribution in [0.15, 0.2) is 42.5 Å². The second kappa shape index (κ2) is 10.7. The molecule has 1 aliphatic rings. The van der Waals surface area contributed by atoms with Crippen molar-refractivity contribution in [3.8, 4) is 0 Å². The Bertz CT molecular complexity index is 861. The van der Waals surface area contributed by atoms with Gasteiger partial charge in [-0.3, -0.25) is 4.79 Å². The number of rotatable bonds is 6. The summed E-state index contributed by atoms with van der Waals surface area (Å²) >= 11 is 12.3. The first-order chi connectivity index (χ1) is 14.5. The van der Waals surface area contributed by atoms with Crippen molar-refractivity contribution in [1.82, 2.24) is 10.2 Å². The SMILES string of the molecule is CNCCC(=O)Nc1ccc(C2CCN(C(=O)Nc3c(Cl)cccc3Cl)CC2)cc1. The van der Waals surface area contributed by atoms with Crippen molar-refractivity contribution >= 4 is 46.5 Å². The lowest BCUT2D eigenvalue weighted by Gasteiger charge is -2.32. The van der Waals surface area contributed by atoms with E-state index in [-0.39, 0.29) is 11.9 Å². The van der Waals surface area contributed by atoms with Gasteiger partial charge in [0.05, 0.1) is 15.7 Å². The number of nitrogens with zero attached hydrogens (tertiary/aromatic N) is 1. The molecule has 3 rings (SSSR count). The molecule has 160 valence electrons. The Morgan fingerprint density at radius 1 is 1.00 bits per heavy atom. The summed E-state index contributed by atoms with van der Waals surface area (Å²) in [6.07, 6.45) is 2.19. The van der Waals surface area contributed by atoms with Gasteiger partial charge in [-0.1, -0.05) is 41.4 Å². The molecular weight excluding hydrogens is 423 g/mol. The van der Waals surface area contributed by atoms with Crippen LogP contribution in [0.4, 0.5) is 16.2 Å². The van der Waals surface area contributed by atoms with Crippen molar-refractivity contribution < 1.29 is 9.59 Å². The van der Waals surface area contributed by atoms with Crippen LogP contribution < -0.4 is 16.0 Å². The fraction of sp³-hybridized carbons (Fsp3) is 0.364. The van der Waals surface area contributed by atoms with Gasteiger partial charge >= 0.3 is 6.03 Å². The van der Waals surface area contributed by atoms with E-state index in [4.69, 9.17) is 23.2 Å². The van der Waals surface area contributed by atoms with Gasteiger partial charge in [0.2, 0.25) is 5.91 Å². The summed E-state index contributed by atoms with van der Waals surface area (Å²) in [6.45, 7) is 1.96. The maximum absolute atomic E-state index is 12.6. The number of nitrogens with one attached hydrogen (secondary N) is 3. The number of hydrogen-bond donors (Lipinski definition) is 3. The van der Waals surface area contributed by atoms with Crippen molar-refractivity contribution in [2.24, 2.45) is 0 Å². The normalized spacial score (nSPS) is 14.4. The molecule has 2 aromatic rings. The van der Waals surface area contributed by atoms with Crippen LogP contribution in [0.3, 0.4) is 0 Å². The predicted molar refractivity (Wildman–Crippen MR) is 123 cm³/mol. The van der Waals surface area contributed by atoms with Crippen LogP contribution in [0.5, 0.6) is 0 Å². The largest absolute Gasteiger partial charge is 0.326 e. The first-order valence-electron chi connectivity index (χ1n) is 10.0. The van der Waals surface area contributed by atoms with Gasteiger partial charge in [0.15, 0.2) is 0 Å². The Labute approximate surface area is 186 Å². The number of halogens is 2. The minimum atomic E-state index is -0.192.